The number of nitrogens with one attached hydrogen (secondary N) is 1. The first-order valence-electron chi connectivity index (χ1n) is 6.47. The summed E-state index contributed by atoms with van der Waals surface area (Å²) in [6.45, 7) is 0.903. The van der Waals surface area contributed by atoms with Crippen molar-refractivity contribution < 1.29 is 0 Å². The molecule has 0 aliphatic rings. The highest BCUT2D eigenvalue weighted by atomic mass is 15.1. The molecule has 3 N–H and O–H groups in total. The number of nitrogens with two attached hydrogens (primary N) is 1. The van der Waals surface area contributed by atoms with Gasteiger partial charge in [-0.15, -0.1) is 0 Å². The fourth-order valence-electron chi connectivity index (χ4n) is 2.33. The van der Waals surface area contributed by atoms with Crippen LogP contribution in [0.4, 0.5) is 5.69 Å². The summed E-state index contributed by atoms with van der Waals surface area (Å²) < 4.78 is 0. The zero-order chi connectivity index (χ0) is 14.1. The number of rotatable bonds is 3. The summed E-state index contributed by atoms with van der Waals surface area (Å²) in [5.74, 6) is 0. The van der Waals surface area contributed by atoms with Gasteiger partial charge in [0.25, 0.3) is 0 Å². The molecule has 5 nitrogen and oxygen atoms in total. The molecule has 5 heteroatoms. The van der Waals surface area contributed by atoms with Crippen LogP contribution in [0.25, 0.3) is 22.3 Å². The van der Waals surface area contributed by atoms with Gasteiger partial charge in [-0.25, -0.2) is 4.98 Å². The zero-order valence-corrected chi connectivity index (χ0v) is 11.6. The number of H-pyrrole nitrogens is 1. The number of aromatic nitrogens is 3. The molecule has 20 heavy (non-hydrogen) atoms. The van der Waals surface area contributed by atoms with Gasteiger partial charge in [0, 0.05) is 17.5 Å². The van der Waals surface area contributed by atoms with Gasteiger partial charge in [-0.2, -0.15) is 5.10 Å². The predicted octanol–water partition coefficient (Wildman–Crippen LogP) is 2.27. The molecule has 0 amide bonds. The molecule has 0 saturated heterocycles. The lowest BCUT2D eigenvalue weighted by atomic mass is 10.1. The Morgan fingerprint density at radius 2 is 2.10 bits per heavy atom. The monoisotopic (exact) mass is 267 g/mol. The summed E-state index contributed by atoms with van der Waals surface area (Å²) in [4.78, 5) is 6.36. The molecule has 0 atom stereocenters. The minimum Gasteiger partial charge on any atom is -0.397 e. The SMILES string of the molecule is CN(C)Cc1cccc(-c2[nH]nc3ncc(N)cc23)c1. The fourth-order valence-corrected chi connectivity index (χ4v) is 2.33. The Hall–Kier alpha value is -2.40. The van der Waals surface area contributed by atoms with Crippen molar-refractivity contribution >= 4 is 16.7 Å². The highest BCUT2D eigenvalue weighted by Gasteiger charge is 2.09. The van der Waals surface area contributed by atoms with Crippen molar-refractivity contribution in [3.63, 3.8) is 0 Å². The summed E-state index contributed by atoms with van der Waals surface area (Å²) >= 11 is 0. The highest BCUT2D eigenvalue weighted by molar-refractivity contribution is 5.92. The molecule has 0 unspecified atom stereocenters. The molecule has 0 aliphatic carbocycles. The van der Waals surface area contributed by atoms with E-state index < -0.39 is 0 Å². The quantitative estimate of drug-likeness (QED) is 0.763. The van der Waals surface area contributed by atoms with Gasteiger partial charge in [0.05, 0.1) is 17.6 Å². The van der Waals surface area contributed by atoms with E-state index in [-0.39, 0.29) is 0 Å². The van der Waals surface area contributed by atoms with E-state index in [9.17, 15) is 0 Å². The number of benzene rings is 1. The van der Waals surface area contributed by atoms with E-state index in [4.69, 9.17) is 5.73 Å². The van der Waals surface area contributed by atoms with E-state index in [0.717, 1.165) is 23.2 Å². The smallest absolute Gasteiger partial charge is 0.181 e. The Balaban J connectivity index is 2.08. The van der Waals surface area contributed by atoms with E-state index in [1.54, 1.807) is 6.20 Å². The average molecular weight is 267 g/mol. The molecular formula is C15H17N5. The van der Waals surface area contributed by atoms with Crippen LogP contribution in [0.15, 0.2) is 36.5 Å². The van der Waals surface area contributed by atoms with Crippen molar-refractivity contribution in [2.45, 2.75) is 6.54 Å². The van der Waals surface area contributed by atoms with Crippen molar-refractivity contribution in [3.05, 3.63) is 42.1 Å². The molecule has 2 aromatic heterocycles. The average Bonchev–Trinajstić information content (AvgIpc) is 2.81. The zero-order valence-electron chi connectivity index (χ0n) is 11.6. The lowest BCUT2D eigenvalue weighted by molar-refractivity contribution is 0.402. The Morgan fingerprint density at radius 3 is 2.90 bits per heavy atom. The van der Waals surface area contributed by atoms with Crippen LogP contribution in [0.2, 0.25) is 0 Å². The van der Waals surface area contributed by atoms with Gasteiger partial charge < -0.3 is 10.6 Å². The van der Waals surface area contributed by atoms with Crippen molar-refractivity contribution in [3.8, 4) is 11.3 Å². The van der Waals surface area contributed by atoms with Gasteiger partial charge in [0.15, 0.2) is 5.65 Å². The normalized spacial score (nSPS) is 11.3. The lowest BCUT2D eigenvalue weighted by Crippen LogP contribution is -2.10. The number of anilines is 1. The largest absolute Gasteiger partial charge is 0.397 e. The van der Waals surface area contributed by atoms with E-state index in [0.29, 0.717) is 11.3 Å². The van der Waals surface area contributed by atoms with Gasteiger partial charge in [0.1, 0.15) is 0 Å². The first kappa shape index (κ1) is 12.6. The Bertz CT molecular complexity index is 745. The summed E-state index contributed by atoms with van der Waals surface area (Å²) in [6, 6.07) is 10.3. The van der Waals surface area contributed by atoms with E-state index in [2.05, 4.69) is 58.4 Å². The third-order valence-corrected chi connectivity index (χ3v) is 3.15. The van der Waals surface area contributed by atoms with Crippen LogP contribution in [0.5, 0.6) is 0 Å². The second kappa shape index (κ2) is 4.94. The van der Waals surface area contributed by atoms with Gasteiger partial charge in [-0.1, -0.05) is 18.2 Å². The van der Waals surface area contributed by atoms with Gasteiger partial charge >= 0.3 is 0 Å². The number of aromatic amines is 1. The minimum absolute atomic E-state index is 0.643. The Kier molecular flexibility index (Phi) is 3.12. The van der Waals surface area contributed by atoms with Gasteiger partial charge in [0.2, 0.25) is 0 Å². The third-order valence-electron chi connectivity index (χ3n) is 3.15. The van der Waals surface area contributed by atoms with Crippen LogP contribution in [0.1, 0.15) is 5.56 Å². The van der Waals surface area contributed by atoms with Crippen molar-refractivity contribution in [1.29, 1.82) is 0 Å². The second-order valence-electron chi connectivity index (χ2n) is 5.18. The standard InChI is InChI=1S/C15H17N5/c1-20(2)9-10-4-3-5-11(6-10)14-13-7-12(16)8-17-15(13)19-18-14/h3-8H,9,16H2,1-2H3,(H,17,18,19). The summed E-state index contributed by atoms with van der Waals surface area (Å²) in [6.07, 6.45) is 1.62. The number of nitrogen functional groups attached to an aromatic ring is 1. The van der Waals surface area contributed by atoms with Crippen LogP contribution < -0.4 is 5.73 Å². The third kappa shape index (κ3) is 2.35. The molecule has 102 valence electrons. The van der Waals surface area contributed by atoms with Crippen LogP contribution in [-0.2, 0) is 6.54 Å². The van der Waals surface area contributed by atoms with Crippen LogP contribution >= 0.6 is 0 Å². The van der Waals surface area contributed by atoms with Crippen molar-refractivity contribution in [1.82, 2.24) is 20.1 Å². The maximum absolute atomic E-state index is 5.81. The molecule has 0 fully saturated rings. The number of pyridine rings is 1. The molecular weight excluding hydrogens is 250 g/mol. The topological polar surface area (TPSA) is 70.8 Å². The predicted molar refractivity (Wildman–Crippen MR) is 81.1 cm³/mol. The maximum Gasteiger partial charge on any atom is 0.181 e. The molecule has 2 heterocycles. The van der Waals surface area contributed by atoms with E-state index >= 15 is 0 Å². The van der Waals surface area contributed by atoms with E-state index in [1.807, 2.05) is 6.07 Å². The second-order valence-corrected chi connectivity index (χ2v) is 5.18. The number of hydrogen-bond acceptors (Lipinski definition) is 4. The van der Waals surface area contributed by atoms with E-state index in [1.165, 1.54) is 5.56 Å². The summed E-state index contributed by atoms with van der Waals surface area (Å²) in [5, 5.41) is 8.23. The Labute approximate surface area is 117 Å². The molecule has 0 aliphatic heterocycles. The minimum atomic E-state index is 0.643. The molecule has 3 aromatic rings. The van der Waals surface area contributed by atoms with Crippen LogP contribution in [0, 0.1) is 0 Å². The number of nitrogens with zero attached hydrogens (tertiary/aromatic N) is 3. The first-order valence-corrected chi connectivity index (χ1v) is 6.47. The molecule has 3 rings (SSSR count). The molecule has 0 bridgehead atoms. The summed E-state index contributed by atoms with van der Waals surface area (Å²) in [5.41, 5.74) is 10.5. The molecule has 0 spiro atoms. The summed E-state index contributed by atoms with van der Waals surface area (Å²) in [7, 11) is 4.12. The van der Waals surface area contributed by atoms with Crippen LogP contribution in [-0.4, -0.2) is 34.2 Å². The van der Waals surface area contributed by atoms with Crippen molar-refractivity contribution in [2.75, 3.05) is 19.8 Å². The molecule has 1 aromatic carbocycles. The van der Waals surface area contributed by atoms with Gasteiger partial charge in [-0.3, -0.25) is 5.10 Å². The highest BCUT2D eigenvalue weighted by Crippen LogP contribution is 2.27. The first-order chi connectivity index (χ1) is 9.63. The molecule has 0 radical (unpaired) electrons. The van der Waals surface area contributed by atoms with Crippen molar-refractivity contribution in [2.24, 2.45) is 0 Å². The lowest BCUT2D eigenvalue weighted by Gasteiger charge is -2.10. The maximum atomic E-state index is 5.81. The fraction of sp³-hybridized carbons (Fsp3) is 0.200. The molecule has 0 saturated carbocycles. The number of fused-ring (bicyclic) bond motifs is 1. The van der Waals surface area contributed by atoms with Crippen LogP contribution in [0.3, 0.4) is 0 Å². The van der Waals surface area contributed by atoms with Gasteiger partial charge in [-0.05, 0) is 31.8 Å². The number of hydrogen-bond donors (Lipinski definition) is 2. The Morgan fingerprint density at radius 1 is 1.25 bits per heavy atom.